The Bertz CT molecular complexity index is 318. The topological polar surface area (TPSA) is 23.5 Å². The maximum absolute atomic E-state index is 8.74. The van der Waals surface area contributed by atoms with Crippen molar-refractivity contribution in [2.45, 2.75) is 39.0 Å². The fourth-order valence-corrected chi connectivity index (χ4v) is 1.99. The Morgan fingerprint density at radius 1 is 1.06 bits per heavy atom. The predicted octanol–water partition coefficient (Wildman–Crippen LogP) is 3.06. The number of unbranched alkanes of at least 4 members (excludes halogenated alkanes) is 1. The molecule has 0 aliphatic carbocycles. The minimum Gasteiger partial charge on any atom is -0.396 e. The van der Waals surface area contributed by atoms with Crippen LogP contribution >= 0.6 is 0 Å². The molecule has 0 aliphatic rings. The van der Waals surface area contributed by atoms with Gasteiger partial charge in [0.15, 0.2) is 0 Å². The fraction of sp³-hybridized carbons (Fsp3) is 0.625. The van der Waals surface area contributed by atoms with Gasteiger partial charge in [-0.25, -0.2) is 0 Å². The molecule has 0 saturated carbocycles. The predicted molar refractivity (Wildman–Crippen MR) is 78.1 cm³/mol. The number of nitrogens with zero attached hydrogens (tertiary/aromatic N) is 1. The van der Waals surface area contributed by atoms with E-state index in [1.807, 2.05) is 0 Å². The van der Waals surface area contributed by atoms with Crippen molar-refractivity contribution in [2.75, 3.05) is 26.7 Å². The molecule has 0 aromatic heterocycles. The van der Waals surface area contributed by atoms with Crippen LogP contribution in [0.15, 0.2) is 24.3 Å². The molecule has 2 nitrogen and oxygen atoms in total. The van der Waals surface area contributed by atoms with Gasteiger partial charge in [0.05, 0.1) is 0 Å². The van der Waals surface area contributed by atoms with Gasteiger partial charge in [-0.05, 0) is 49.9 Å². The summed E-state index contributed by atoms with van der Waals surface area (Å²) in [6.07, 6.45) is 3.10. The maximum Gasteiger partial charge on any atom is 0.0431 e. The van der Waals surface area contributed by atoms with E-state index in [1.54, 1.807) is 0 Å². The van der Waals surface area contributed by atoms with Crippen LogP contribution in [0.2, 0.25) is 0 Å². The van der Waals surface area contributed by atoms with Crippen molar-refractivity contribution >= 4 is 0 Å². The minimum atomic E-state index is 0.310. The van der Waals surface area contributed by atoms with Gasteiger partial charge in [0.1, 0.15) is 0 Å². The van der Waals surface area contributed by atoms with Crippen molar-refractivity contribution in [2.24, 2.45) is 0 Å². The Morgan fingerprint density at radius 2 is 1.72 bits per heavy atom. The van der Waals surface area contributed by atoms with E-state index in [0.29, 0.717) is 12.5 Å². The molecule has 0 atom stereocenters. The third kappa shape index (κ3) is 5.65. The summed E-state index contributed by atoms with van der Waals surface area (Å²) in [4.78, 5) is 2.34. The molecule has 0 bridgehead atoms. The van der Waals surface area contributed by atoms with Gasteiger partial charge < -0.3 is 10.0 Å². The summed E-state index contributed by atoms with van der Waals surface area (Å²) in [6.45, 7) is 6.93. The molecule has 0 amide bonds. The van der Waals surface area contributed by atoms with Crippen LogP contribution in [0.5, 0.6) is 0 Å². The second-order valence-electron chi connectivity index (χ2n) is 5.38. The zero-order chi connectivity index (χ0) is 13.4. The van der Waals surface area contributed by atoms with E-state index in [0.717, 1.165) is 32.4 Å². The largest absolute Gasteiger partial charge is 0.396 e. The van der Waals surface area contributed by atoms with E-state index >= 15 is 0 Å². The zero-order valence-electron chi connectivity index (χ0n) is 12.0. The molecular weight excluding hydrogens is 222 g/mol. The van der Waals surface area contributed by atoms with Crippen LogP contribution in [0, 0.1) is 0 Å². The first-order valence-electron chi connectivity index (χ1n) is 7.01. The summed E-state index contributed by atoms with van der Waals surface area (Å²) in [7, 11) is 2.15. The number of hydrogen-bond donors (Lipinski definition) is 1. The summed E-state index contributed by atoms with van der Waals surface area (Å²) >= 11 is 0. The van der Waals surface area contributed by atoms with Gasteiger partial charge in [-0.1, -0.05) is 38.1 Å². The Hall–Kier alpha value is -0.860. The average molecular weight is 249 g/mol. The molecule has 0 spiro atoms. The molecular formula is C16H27NO. The number of hydrogen-bond acceptors (Lipinski definition) is 2. The van der Waals surface area contributed by atoms with E-state index < -0.39 is 0 Å². The first-order chi connectivity index (χ1) is 8.63. The maximum atomic E-state index is 8.74. The number of benzene rings is 1. The number of aliphatic hydroxyl groups excluding tert-OH is 1. The van der Waals surface area contributed by atoms with Crippen molar-refractivity contribution in [3.05, 3.63) is 35.4 Å². The Kier molecular flexibility index (Phi) is 6.99. The standard InChI is InChI=1S/C16H27NO/c1-14(2)16-8-6-15(7-9-16)10-12-17(3)11-4-5-13-18/h6-9,14,18H,4-5,10-13H2,1-3H3. The number of rotatable bonds is 8. The van der Waals surface area contributed by atoms with E-state index in [9.17, 15) is 0 Å². The lowest BCUT2D eigenvalue weighted by Crippen LogP contribution is -2.22. The lowest BCUT2D eigenvalue weighted by atomic mass is 10.0. The third-order valence-corrected chi connectivity index (χ3v) is 3.38. The van der Waals surface area contributed by atoms with Gasteiger partial charge >= 0.3 is 0 Å². The molecule has 102 valence electrons. The monoisotopic (exact) mass is 249 g/mol. The molecule has 0 saturated heterocycles. The molecule has 0 heterocycles. The minimum absolute atomic E-state index is 0.310. The SMILES string of the molecule is CC(C)c1ccc(CCN(C)CCCCO)cc1. The van der Waals surface area contributed by atoms with Crippen LogP contribution in [0.3, 0.4) is 0 Å². The highest BCUT2D eigenvalue weighted by Gasteiger charge is 2.01. The molecule has 1 rings (SSSR count). The summed E-state index contributed by atoms with van der Waals surface area (Å²) in [5, 5.41) is 8.74. The summed E-state index contributed by atoms with van der Waals surface area (Å²) in [5.41, 5.74) is 2.82. The van der Waals surface area contributed by atoms with E-state index in [4.69, 9.17) is 5.11 Å². The normalized spacial score (nSPS) is 11.4. The molecule has 1 N–H and O–H groups in total. The Morgan fingerprint density at radius 3 is 2.28 bits per heavy atom. The molecule has 1 aromatic carbocycles. The highest BCUT2D eigenvalue weighted by Crippen LogP contribution is 2.15. The van der Waals surface area contributed by atoms with E-state index in [-0.39, 0.29) is 0 Å². The van der Waals surface area contributed by atoms with Crippen LogP contribution in [0.25, 0.3) is 0 Å². The van der Waals surface area contributed by atoms with Crippen molar-refractivity contribution in [3.8, 4) is 0 Å². The van der Waals surface area contributed by atoms with Crippen LogP contribution in [0.1, 0.15) is 43.7 Å². The van der Waals surface area contributed by atoms with Crippen LogP contribution in [-0.4, -0.2) is 36.8 Å². The van der Waals surface area contributed by atoms with E-state index in [2.05, 4.69) is 50.1 Å². The summed E-state index contributed by atoms with van der Waals surface area (Å²) < 4.78 is 0. The number of likely N-dealkylation sites (N-methyl/N-ethyl adjacent to an activating group) is 1. The Labute approximate surface area is 112 Å². The van der Waals surface area contributed by atoms with Crippen molar-refractivity contribution < 1.29 is 5.11 Å². The number of aliphatic hydroxyl groups is 1. The lowest BCUT2D eigenvalue weighted by molar-refractivity contribution is 0.264. The van der Waals surface area contributed by atoms with Crippen LogP contribution < -0.4 is 0 Å². The molecule has 18 heavy (non-hydrogen) atoms. The fourth-order valence-electron chi connectivity index (χ4n) is 1.99. The van der Waals surface area contributed by atoms with Crippen molar-refractivity contribution in [1.29, 1.82) is 0 Å². The van der Waals surface area contributed by atoms with Crippen molar-refractivity contribution in [1.82, 2.24) is 4.90 Å². The van der Waals surface area contributed by atoms with Gasteiger partial charge in [-0.3, -0.25) is 0 Å². The van der Waals surface area contributed by atoms with Crippen LogP contribution in [0.4, 0.5) is 0 Å². The van der Waals surface area contributed by atoms with Gasteiger partial charge in [-0.2, -0.15) is 0 Å². The van der Waals surface area contributed by atoms with E-state index in [1.165, 1.54) is 11.1 Å². The first-order valence-corrected chi connectivity index (χ1v) is 7.01. The summed E-state index contributed by atoms with van der Waals surface area (Å²) in [6, 6.07) is 8.98. The molecule has 0 unspecified atom stereocenters. The van der Waals surface area contributed by atoms with Gasteiger partial charge in [-0.15, -0.1) is 0 Å². The second-order valence-corrected chi connectivity index (χ2v) is 5.38. The highest BCUT2D eigenvalue weighted by molar-refractivity contribution is 5.24. The Balaban J connectivity index is 2.30. The van der Waals surface area contributed by atoms with Crippen LogP contribution in [-0.2, 0) is 6.42 Å². The highest BCUT2D eigenvalue weighted by atomic mass is 16.2. The molecule has 0 radical (unpaired) electrons. The third-order valence-electron chi connectivity index (χ3n) is 3.38. The van der Waals surface area contributed by atoms with Gasteiger partial charge in [0.25, 0.3) is 0 Å². The van der Waals surface area contributed by atoms with Gasteiger partial charge in [0.2, 0.25) is 0 Å². The molecule has 1 aromatic rings. The molecule has 0 aliphatic heterocycles. The quantitative estimate of drug-likeness (QED) is 0.716. The second kappa shape index (κ2) is 8.28. The molecule has 0 fully saturated rings. The zero-order valence-corrected chi connectivity index (χ0v) is 12.0. The first kappa shape index (κ1) is 15.2. The lowest BCUT2D eigenvalue weighted by Gasteiger charge is -2.16. The average Bonchev–Trinajstić information content (AvgIpc) is 2.37. The van der Waals surface area contributed by atoms with Gasteiger partial charge in [0, 0.05) is 13.2 Å². The molecule has 2 heteroatoms. The smallest absolute Gasteiger partial charge is 0.0431 e. The summed E-state index contributed by atoms with van der Waals surface area (Å²) in [5.74, 6) is 0.611. The van der Waals surface area contributed by atoms with Crippen molar-refractivity contribution in [3.63, 3.8) is 0 Å².